The Morgan fingerprint density at radius 1 is 0.268 bits per heavy atom. The minimum Gasteiger partial charge on any atom is -0.208 e. The molecule has 0 N–H and O–H groups in total. The summed E-state index contributed by atoms with van der Waals surface area (Å²) in [5.41, 5.74) is 10.2. The molecule has 0 saturated heterocycles. The zero-order valence-corrected chi connectivity index (χ0v) is 31.7. The molecular formula is C51H31N3S2. The molecule has 0 saturated carbocycles. The van der Waals surface area contributed by atoms with Gasteiger partial charge in [0.25, 0.3) is 0 Å². The summed E-state index contributed by atoms with van der Waals surface area (Å²) in [4.78, 5) is 15.1. The second kappa shape index (κ2) is 13.5. The lowest BCUT2D eigenvalue weighted by Gasteiger charge is -2.12. The van der Waals surface area contributed by atoms with E-state index >= 15 is 0 Å². The number of hydrogen-bond donors (Lipinski definition) is 0. The van der Waals surface area contributed by atoms with Crippen molar-refractivity contribution in [2.24, 2.45) is 0 Å². The predicted molar refractivity (Wildman–Crippen MR) is 238 cm³/mol. The van der Waals surface area contributed by atoms with Crippen molar-refractivity contribution >= 4 is 63.0 Å². The van der Waals surface area contributed by atoms with Gasteiger partial charge in [0.15, 0.2) is 17.5 Å². The predicted octanol–water partition coefficient (Wildman–Crippen LogP) is 14.6. The normalized spacial score (nSPS) is 11.6. The van der Waals surface area contributed by atoms with E-state index in [1.54, 1.807) is 0 Å². The summed E-state index contributed by atoms with van der Waals surface area (Å²) in [5.74, 6) is 1.97. The third-order valence-electron chi connectivity index (χ3n) is 10.6. The fourth-order valence-corrected chi connectivity index (χ4v) is 10.2. The molecule has 0 amide bonds. The molecule has 0 aliphatic heterocycles. The molecule has 8 aromatic carbocycles. The van der Waals surface area contributed by atoms with Crippen LogP contribution >= 0.6 is 22.7 Å². The molecule has 3 aromatic heterocycles. The van der Waals surface area contributed by atoms with E-state index in [2.05, 4.69) is 164 Å². The lowest BCUT2D eigenvalue weighted by Crippen LogP contribution is -2.00. The van der Waals surface area contributed by atoms with Gasteiger partial charge in [-0.2, -0.15) is 0 Å². The van der Waals surface area contributed by atoms with Gasteiger partial charge in [0, 0.05) is 62.6 Å². The smallest absolute Gasteiger partial charge is 0.164 e. The van der Waals surface area contributed by atoms with Gasteiger partial charge in [-0.1, -0.05) is 164 Å². The van der Waals surface area contributed by atoms with Crippen LogP contribution in [0.25, 0.3) is 108 Å². The molecule has 0 spiro atoms. The van der Waals surface area contributed by atoms with Gasteiger partial charge in [-0.25, -0.2) is 15.0 Å². The molecule has 5 heteroatoms. The Bertz CT molecular complexity index is 3240. The second-order valence-electron chi connectivity index (χ2n) is 14.0. The Balaban J connectivity index is 0.997. The van der Waals surface area contributed by atoms with Crippen molar-refractivity contribution in [3.63, 3.8) is 0 Å². The molecule has 0 radical (unpaired) electrons. The fraction of sp³-hybridized carbons (Fsp3) is 0. The zero-order valence-electron chi connectivity index (χ0n) is 30.1. The Labute approximate surface area is 331 Å². The van der Waals surface area contributed by atoms with Crippen LogP contribution in [0.2, 0.25) is 0 Å². The van der Waals surface area contributed by atoms with Crippen molar-refractivity contribution in [1.29, 1.82) is 0 Å². The van der Waals surface area contributed by atoms with Crippen molar-refractivity contribution in [1.82, 2.24) is 15.0 Å². The molecule has 0 atom stereocenters. The van der Waals surface area contributed by atoms with Gasteiger partial charge in [0.2, 0.25) is 0 Å². The molecule has 0 aliphatic rings. The van der Waals surface area contributed by atoms with Gasteiger partial charge in [0.05, 0.1) is 0 Å². The van der Waals surface area contributed by atoms with Crippen molar-refractivity contribution in [3.8, 4) is 67.5 Å². The van der Waals surface area contributed by atoms with Crippen LogP contribution < -0.4 is 0 Å². The number of rotatable bonds is 6. The highest BCUT2D eigenvalue weighted by atomic mass is 32.1. The third-order valence-corrected chi connectivity index (χ3v) is 12.9. The maximum atomic E-state index is 5.07. The first-order valence-electron chi connectivity index (χ1n) is 18.7. The second-order valence-corrected chi connectivity index (χ2v) is 16.1. The van der Waals surface area contributed by atoms with Crippen molar-refractivity contribution in [2.45, 2.75) is 0 Å². The number of benzene rings is 8. The standard InChI is InChI=1S/C51H31N3S2/c1-3-12-32(13-4-1)33-22-24-35(25-23-33)50-52-49(34-14-5-2-6-15-34)53-51(54-50)37-26-28-41-44-30-36(27-29-46(44)55-47(41)31-37)38-16-7-8-17-39(38)42-19-11-20-43-40-18-9-10-21-45(40)56-48(42)43/h1-31H. The number of thiophene rings is 2. The molecule has 3 nitrogen and oxygen atoms in total. The quantitative estimate of drug-likeness (QED) is 0.170. The average Bonchev–Trinajstić information content (AvgIpc) is 3.85. The van der Waals surface area contributed by atoms with E-state index in [4.69, 9.17) is 15.0 Å². The molecule has 3 heterocycles. The monoisotopic (exact) mass is 749 g/mol. The lowest BCUT2D eigenvalue weighted by atomic mass is 9.93. The first kappa shape index (κ1) is 32.6. The van der Waals surface area contributed by atoms with E-state index < -0.39 is 0 Å². The van der Waals surface area contributed by atoms with Crippen LogP contribution in [0.4, 0.5) is 0 Å². The summed E-state index contributed by atoms with van der Waals surface area (Å²) >= 11 is 3.69. The Kier molecular flexibility index (Phi) is 7.87. The van der Waals surface area contributed by atoms with Gasteiger partial charge in [0.1, 0.15) is 0 Å². The highest BCUT2D eigenvalue weighted by Crippen LogP contribution is 2.44. The summed E-state index contributed by atoms with van der Waals surface area (Å²) in [5, 5.41) is 5.12. The van der Waals surface area contributed by atoms with Gasteiger partial charge in [-0.3, -0.25) is 0 Å². The molecule has 262 valence electrons. The van der Waals surface area contributed by atoms with Gasteiger partial charge >= 0.3 is 0 Å². The average molecular weight is 750 g/mol. The molecular weight excluding hydrogens is 719 g/mol. The molecule has 0 aliphatic carbocycles. The van der Waals surface area contributed by atoms with Gasteiger partial charge in [-0.15, -0.1) is 22.7 Å². The minimum atomic E-state index is 0.652. The largest absolute Gasteiger partial charge is 0.208 e. The molecule has 0 bridgehead atoms. The Morgan fingerprint density at radius 2 is 0.786 bits per heavy atom. The summed E-state index contributed by atoms with van der Waals surface area (Å²) in [7, 11) is 0. The maximum Gasteiger partial charge on any atom is 0.164 e. The van der Waals surface area contributed by atoms with E-state index in [0.29, 0.717) is 17.5 Å². The van der Waals surface area contributed by atoms with Crippen LogP contribution in [-0.4, -0.2) is 15.0 Å². The SMILES string of the molecule is c1ccc(-c2ccc(-c3nc(-c4ccccc4)nc(-c4ccc5c(c4)sc4ccc(-c6ccccc6-c6cccc7c6sc6ccccc67)cc45)n3)cc2)cc1. The number of fused-ring (bicyclic) bond motifs is 6. The summed E-state index contributed by atoms with van der Waals surface area (Å²) in [6.45, 7) is 0. The Morgan fingerprint density at radius 3 is 1.57 bits per heavy atom. The highest BCUT2D eigenvalue weighted by Gasteiger charge is 2.17. The van der Waals surface area contributed by atoms with Crippen LogP contribution in [0, 0.1) is 0 Å². The van der Waals surface area contributed by atoms with E-state index in [1.807, 2.05) is 46.9 Å². The minimum absolute atomic E-state index is 0.652. The van der Waals surface area contributed by atoms with Crippen molar-refractivity contribution in [2.75, 3.05) is 0 Å². The highest BCUT2D eigenvalue weighted by molar-refractivity contribution is 7.26. The lowest BCUT2D eigenvalue weighted by molar-refractivity contribution is 1.07. The van der Waals surface area contributed by atoms with Crippen molar-refractivity contribution in [3.05, 3.63) is 188 Å². The molecule has 11 rings (SSSR count). The van der Waals surface area contributed by atoms with E-state index in [9.17, 15) is 0 Å². The summed E-state index contributed by atoms with van der Waals surface area (Å²) < 4.78 is 5.11. The first-order valence-corrected chi connectivity index (χ1v) is 20.3. The first-order chi connectivity index (χ1) is 27.7. The van der Waals surface area contributed by atoms with Crippen LogP contribution in [0.5, 0.6) is 0 Å². The number of hydrogen-bond acceptors (Lipinski definition) is 5. The van der Waals surface area contributed by atoms with Crippen molar-refractivity contribution < 1.29 is 0 Å². The van der Waals surface area contributed by atoms with Gasteiger partial charge in [-0.05, 0) is 52.1 Å². The molecule has 56 heavy (non-hydrogen) atoms. The Hall–Kier alpha value is -6.79. The zero-order chi connectivity index (χ0) is 37.0. The van der Waals surface area contributed by atoms with E-state index in [-0.39, 0.29) is 0 Å². The van der Waals surface area contributed by atoms with Crippen LogP contribution in [0.15, 0.2) is 188 Å². The third kappa shape index (κ3) is 5.68. The van der Waals surface area contributed by atoms with Gasteiger partial charge < -0.3 is 0 Å². The number of nitrogens with zero attached hydrogens (tertiary/aromatic N) is 3. The molecule has 0 fully saturated rings. The van der Waals surface area contributed by atoms with Crippen LogP contribution in [0.3, 0.4) is 0 Å². The van der Waals surface area contributed by atoms with Crippen LogP contribution in [-0.2, 0) is 0 Å². The van der Waals surface area contributed by atoms with E-state index in [1.165, 1.54) is 68.2 Å². The molecule has 11 aromatic rings. The summed E-state index contributed by atoms with van der Waals surface area (Å²) in [6, 6.07) is 66.9. The number of aromatic nitrogens is 3. The fourth-order valence-electron chi connectivity index (χ4n) is 7.81. The molecule has 0 unspecified atom stereocenters. The maximum absolute atomic E-state index is 5.07. The topological polar surface area (TPSA) is 38.7 Å². The van der Waals surface area contributed by atoms with E-state index in [0.717, 1.165) is 22.3 Å². The van der Waals surface area contributed by atoms with Crippen LogP contribution in [0.1, 0.15) is 0 Å². The summed E-state index contributed by atoms with van der Waals surface area (Å²) in [6.07, 6.45) is 0.